The van der Waals surface area contributed by atoms with Crippen LogP contribution in [0.1, 0.15) is 27.3 Å². The largest absolute Gasteiger partial charge is 0.465 e. The van der Waals surface area contributed by atoms with Crippen molar-refractivity contribution in [3.63, 3.8) is 0 Å². The molecule has 27 heavy (non-hydrogen) atoms. The zero-order valence-electron chi connectivity index (χ0n) is 15.1. The molecule has 8 nitrogen and oxygen atoms in total. The van der Waals surface area contributed by atoms with Crippen molar-refractivity contribution in [3.8, 4) is 11.8 Å². The maximum atomic E-state index is 12.1. The van der Waals surface area contributed by atoms with E-state index in [0.29, 0.717) is 22.5 Å². The lowest BCUT2D eigenvalue weighted by Crippen LogP contribution is -2.35. The van der Waals surface area contributed by atoms with Crippen LogP contribution in [0.15, 0.2) is 35.9 Å². The zero-order chi connectivity index (χ0) is 20.1. The van der Waals surface area contributed by atoms with Gasteiger partial charge in [-0.2, -0.15) is 5.26 Å². The molecule has 3 N–H and O–H groups in total. The molecule has 0 aliphatic rings. The van der Waals surface area contributed by atoms with Gasteiger partial charge in [-0.1, -0.05) is 12.1 Å². The van der Waals surface area contributed by atoms with Crippen molar-refractivity contribution in [2.24, 2.45) is 5.73 Å². The van der Waals surface area contributed by atoms with E-state index in [4.69, 9.17) is 10.5 Å². The summed E-state index contributed by atoms with van der Waals surface area (Å²) >= 11 is 0. The molecular formula is C19H18N4O4. The SMILES string of the molecule is COC(=O)c1ccccc1-n1c(C)cc(/C=C(/C#N)C(=O)NC(N)=O)c1C. The number of methoxy groups -OCH3 is 1. The van der Waals surface area contributed by atoms with Crippen LogP contribution in [0.5, 0.6) is 0 Å². The first-order valence-electron chi connectivity index (χ1n) is 7.89. The van der Waals surface area contributed by atoms with Gasteiger partial charge in [-0.3, -0.25) is 10.1 Å². The van der Waals surface area contributed by atoms with Crippen molar-refractivity contribution in [1.82, 2.24) is 9.88 Å². The van der Waals surface area contributed by atoms with Gasteiger partial charge in [0, 0.05) is 11.4 Å². The number of carbonyl (C=O) groups excluding carboxylic acids is 3. The molecule has 0 atom stereocenters. The number of amides is 3. The van der Waals surface area contributed by atoms with Gasteiger partial charge in [0.05, 0.1) is 18.4 Å². The van der Waals surface area contributed by atoms with Crippen LogP contribution in [-0.2, 0) is 9.53 Å². The van der Waals surface area contributed by atoms with Crippen LogP contribution in [0.25, 0.3) is 11.8 Å². The molecule has 0 saturated heterocycles. The van der Waals surface area contributed by atoms with E-state index >= 15 is 0 Å². The highest BCUT2D eigenvalue weighted by molar-refractivity contribution is 6.08. The van der Waals surface area contributed by atoms with E-state index in [-0.39, 0.29) is 5.57 Å². The number of nitrogens with two attached hydrogens (primary N) is 1. The summed E-state index contributed by atoms with van der Waals surface area (Å²) in [5.74, 6) is -1.36. The second-order valence-electron chi connectivity index (χ2n) is 5.66. The first-order chi connectivity index (χ1) is 12.8. The lowest BCUT2D eigenvalue weighted by molar-refractivity contribution is -0.115. The minimum atomic E-state index is -1.04. The van der Waals surface area contributed by atoms with E-state index < -0.39 is 17.9 Å². The molecule has 2 aromatic rings. The smallest absolute Gasteiger partial charge is 0.339 e. The highest BCUT2D eigenvalue weighted by Gasteiger charge is 2.18. The predicted molar refractivity (Wildman–Crippen MR) is 97.9 cm³/mol. The average molecular weight is 366 g/mol. The normalized spacial score (nSPS) is 10.8. The molecule has 0 radical (unpaired) electrons. The summed E-state index contributed by atoms with van der Waals surface area (Å²) in [5, 5.41) is 11.1. The number of primary amides is 1. The van der Waals surface area contributed by atoms with Crippen molar-refractivity contribution < 1.29 is 19.1 Å². The van der Waals surface area contributed by atoms with Crippen LogP contribution in [0.2, 0.25) is 0 Å². The Hall–Kier alpha value is -3.86. The van der Waals surface area contributed by atoms with Crippen LogP contribution in [0.3, 0.4) is 0 Å². The highest BCUT2D eigenvalue weighted by Crippen LogP contribution is 2.25. The fraction of sp³-hybridized carbons (Fsp3) is 0.158. The summed E-state index contributed by atoms with van der Waals surface area (Å²) < 4.78 is 6.65. The number of urea groups is 1. The van der Waals surface area contributed by atoms with Crippen LogP contribution >= 0.6 is 0 Å². The molecule has 138 valence electrons. The van der Waals surface area contributed by atoms with Crippen molar-refractivity contribution in [2.45, 2.75) is 13.8 Å². The van der Waals surface area contributed by atoms with Gasteiger partial charge in [-0.15, -0.1) is 0 Å². The van der Waals surface area contributed by atoms with Crippen molar-refractivity contribution in [3.05, 3.63) is 58.4 Å². The Morgan fingerprint density at radius 1 is 1.26 bits per heavy atom. The van der Waals surface area contributed by atoms with Crippen molar-refractivity contribution >= 4 is 24.0 Å². The molecule has 0 aliphatic heterocycles. The third-order valence-corrected chi connectivity index (χ3v) is 3.92. The molecule has 8 heteroatoms. The second-order valence-corrected chi connectivity index (χ2v) is 5.66. The third-order valence-electron chi connectivity index (χ3n) is 3.92. The minimum absolute atomic E-state index is 0.268. The van der Waals surface area contributed by atoms with E-state index in [2.05, 4.69) is 0 Å². The number of nitrogens with one attached hydrogen (secondary N) is 1. The van der Waals surface area contributed by atoms with Crippen LogP contribution in [0, 0.1) is 25.2 Å². The molecule has 1 heterocycles. The fourth-order valence-corrected chi connectivity index (χ4v) is 2.74. The summed E-state index contributed by atoms with van der Waals surface area (Å²) in [6, 6.07) is 9.40. The number of hydrogen-bond acceptors (Lipinski definition) is 5. The zero-order valence-corrected chi connectivity index (χ0v) is 15.1. The van der Waals surface area contributed by atoms with Crippen LogP contribution in [0.4, 0.5) is 4.79 Å². The highest BCUT2D eigenvalue weighted by atomic mass is 16.5. The number of esters is 1. The molecule has 1 aromatic heterocycles. The number of aryl methyl sites for hydroxylation is 1. The molecular weight excluding hydrogens is 348 g/mol. The van der Waals surface area contributed by atoms with E-state index in [1.165, 1.54) is 13.2 Å². The first-order valence-corrected chi connectivity index (χ1v) is 7.89. The molecule has 0 spiro atoms. The lowest BCUT2D eigenvalue weighted by atomic mass is 10.1. The van der Waals surface area contributed by atoms with E-state index in [9.17, 15) is 19.6 Å². The van der Waals surface area contributed by atoms with Gasteiger partial charge in [-0.25, -0.2) is 9.59 Å². The second kappa shape index (κ2) is 8.01. The predicted octanol–water partition coefficient (Wildman–Crippen LogP) is 1.98. The van der Waals surface area contributed by atoms with Crippen LogP contribution < -0.4 is 11.1 Å². The molecule has 3 amide bonds. The minimum Gasteiger partial charge on any atom is -0.465 e. The van der Waals surface area contributed by atoms with E-state index in [1.807, 2.05) is 16.8 Å². The fourth-order valence-electron chi connectivity index (χ4n) is 2.74. The molecule has 0 bridgehead atoms. The molecule has 0 aliphatic carbocycles. The van der Waals surface area contributed by atoms with Crippen molar-refractivity contribution in [1.29, 1.82) is 5.26 Å². The van der Waals surface area contributed by atoms with Gasteiger partial charge < -0.3 is 15.0 Å². The summed E-state index contributed by atoms with van der Waals surface area (Å²) in [6.45, 7) is 3.61. The molecule has 0 fully saturated rings. The Morgan fingerprint density at radius 3 is 2.52 bits per heavy atom. The summed E-state index contributed by atoms with van der Waals surface area (Å²) in [6.07, 6.45) is 1.36. The van der Waals surface area contributed by atoms with Gasteiger partial charge >= 0.3 is 12.0 Å². The van der Waals surface area contributed by atoms with Crippen molar-refractivity contribution in [2.75, 3.05) is 7.11 Å². The van der Waals surface area contributed by atoms with Gasteiger partial charge in [0.15, 0.2) is 0 Å². The number of imide groups is 1. The quantitative estimate of drug-likeness (QED) is 0.486. The number of nitriles is 1. The third kappa shape index (κ3) is 4.04. The Labute approximate surface area is 155 Å². The average Bonchev–Trinajstić information content (AvgIpc) is 2.91. The monoisotopic (exact) mass is 366 g/mol. The Balaban J connectivity index is 2.58. The van der Waals surface area contributed by atoms with Crippen LogP contribution in [-0.4, -0.2) is 29.6 Å². The number of rotatable bonds is 4. The molecule has 2 rings (SSSR count). The summed E-state index contributed by atoms with van der Waals surface area (Å²) in [5.41, 5.74) is 7.70. The lowest BCUT2D eigenvalue weighted by Gasteiger charge is -2.13. The van der Waals surface area contributed by atoms with E-state index in [0.717, 1.165) is 5.69 Å². The van der Waals surface area contributed by atoms with Gasteiger partial charge in [0.25, 0.3) is 5.91 Å². The number of carbonyl (C=O) groups is 3. The number of ether oxygens (including phenoxy) is 1. The van der Waals surface area contributed by atoms with Gasteiger partial charge in [0.1, 0.15) is 11.6 Å². The topological polar surface area (TPSA) is 127 Å². The Bertz CT molecular complexity index is 996. The molecule has 0 unspecified atom stereocenters. The summed E-state index contributed by atoms with van der Waals surface area (Å²) in [4.78, 5) is 34.8. The van der Waals surface area contributed by atoms with Gasteiger partial charge in [0.2, 0.25) is 0 Å². The maximum Gasteiger partial charge on any atom is 0.339 e. The van der Waals surface area contributed by atoms with E-state index in [1.54, 1.807) is 43.3 Å². The Morgan fingerprint density at radius 2 is 1.93 bits per heavy atom. The maximum absolute atomic E-state index is 12.1. The number of aromatic nitrogens is 1. The number of para-hydroxylation sites is 1. The molecule has 0 saturated carbocycles. The number of benzene rings is 1. The number of nitrogens with zero attached hydrogens (tertiary/aromatic N) is 2. The number of hydrogen-bond donors (Lipinski definition) is 2. The Kier molecular flexibility index (Phi) is 5.78. The first kappa shape index (κ1) is 19.5. The standard InChI is InChI=1S/C19H18N4O4/c1-11-8-13(9-14(10-20)17(24)22-19(21)26)12(2)23(11)16-7-5-4-6-15(16)18(25)27-3/h4-9H,1-3H3,(H3,21,22,24,26)/b14-9-. The van der Waals surface area contributed by atoms with Gasteiger partial charge in [-0.05, 0) is 43.7 Å². The summed E-state index contributed by atoms with van der Waals surface area (Å²) in [7, 11) is 1.30. The molecule has 1 aromatic carbocycles.